The highest BCUT2D eigenvalue weighted by molar-refractivity contribution is 6.15. The van der Waals surface area contributed by atoms with E-state index < -0.39 is 0 Å². The summed E-state index contributed by atoms with van der Waals surface area (Å²) in [5, 5.41) is 4.37. The second kappa shape index (κ2) is 13.0. The van der Waals surface area contributed by atoms with Crippen LogP contribution in [0.15, 0.2) is 197 Å². The Balaban J connectivity index is 0.949. The van der Waals surface area contributed by atoms with Crippen molar-refractivity contribution in [3.63, 3.8) is 0 Å². The van der Waals surface area contributed by atoms with Gasteiger partial charge in [-0.2, -0.15) is 0 Å². The van der Waals surface area contributed by atoms with Crippen LogP contribution in [0.3, 0.4) is 0 Å². The molecule has 5 nitrogen and oxygen atoms in total. The van der Waals surface area contributed by atoms with Crippen LogP contribution in [-0.4, -0.2) is 15.0 Å². The molecule has 3 heterocycles. The lowest BCUT2D eigenvalue weighted by Gasteiger charge is -2.11. The Bertz CT molecular complexity index is 3240. The van der Waals surface area contributed by atoms with Crippen LogP contribution in [0.4, 0.5) is 0 Å². The van der Waals surface area contributed by atoms with E-state index in [-0.39, 0.29) is 0 Å². The van der Waals surface area contributed by atoms with Gasteiger partial charge < -0.3 is 8.83 Å². The number of para-hydroxylation sites is 1. The fourth-order valence-corrected chi connectivity index (χ4v) is 7.68. The smallest absolute Gasteiger partial charge is 0.164 e. The predicted molar refractivity (Wildman–Crippen MR) is 227 cm³/mol. The molecule has 0 saturated heterocycles. The maximum atomic E-state index is 6.43. The first-order valence-electron chi connectivity index (χ1n) is 18.7. The minimum atomic E-state index is 0.620. The third-order valence-electron chi connectivity index (χ3n) is 10.5. The Kier molecular flexibility index (Phi) is 7.42. The molecule has 3 aromatic heterocycles. The highest BCUT2D eigenvalue weighted by Gasteiger charge is 2.16. The van der Waals surface area contributed by atoms with Gasteiger partial charge in [-0.05, 0) is 69.8 Å². The molecule has 0 saturated carbocycles. The predicted octanol–water partition coefficient (Wildman–Crippen LogP) is 13.7. The summed E-state index contributed by atoms with van der Waals surface area (Å²) in [4.78, 5) is 15.0. The van der Waals surface area contributed by atoms with Crippen LogP contribution in [-0.2, 0) is 0 Å². The number of rotatable bonds is 6. The van der Waals surface area contributed by atoms with Crippen molar-refractivity contribution in [1.29, 1.82) is 0 Å². The molecule has 0 fully saturated rings. The molecule has 0 radical (unpaired) electrons. The van der Waals surface area contributed by atoms with Crippen molar-refractivity contribution in [3.8, 4) is 67.5 Å². The van der Waals surface area contributed by atoms with Crippen LogP contribution in [0.25, 0.3) is 111 Å². The van der Waals surface area contributed by atoms with E-state index in [2.05, 4.69) is 127 Å². The zero-order valence-corrected chi connectivity index (χ0v) is 30.1. The van der Waals surface area contributed by atoms with Gasteiger partial charge in [0.05, 0.1) is 0 Å². The molecule has 262 valence electrons. The number of furan rings is 2. The minimum absolute atomic E-state index is 0.620. The summed E-state index contributed by atoms with van der Waals surface area (Å²) in [5.41, 5.74) is 12.8. The van der Waals surface area contributed by atoms with Crippen LogP contribution < -0.4 is 0 Å². The fraction of sp³-hybridized carbons (Fsp3) is 0. The van der Waals surface area contributed by atoms with Gasteiger partial charge in [-0.25, -0.2) is 15.0 Å². The first-order valence-corrected chi connectivity index (χ1v) is 18.7. The second-order valence-electron chi connectivity index (χ2n) is 14.0. The first kappa shape index (κ1) is 31.9. The minimum Gasteiger partial charge on any atom is -0.456 e. The zero-order valence-electron chi connectivity index (χ0n) is 30.1. The Morgan fingerprint density at radius 3 is 1.32 bits per heavy atom. The fourth-order valence-electron chi connectivity index (χ4n) is 7.68. The van der Waals surface area contributed by atoms with Crippen molar-refractivity contribution in [2.45, 2.75) is 0 Å². The van der Waals surface area contributed by atoms with E-state index >= 15 is 0 Å². The maximum absolute atomic E-state index is 6.43. The van der Waals surface area contributed by atoms with E-state index in [4.69, 9.17) is 23.8 Å². The number of hydrogen-bond acceptors (Lipinski definition) is 5. The van der Waals surface area contributed by atoms with Crippen molar-refractivity contribution in [2.75, 3.05) is 0 Å². The Labute approximate surface area is 322 Å². The molecule has 0 bridgehead atoms. The molecule has 0 amide bonds. The van der Waals surface area contributed by atoms with E-state index in [1.54, 1.807) is 0 Å². The first-order chi connectivity index (χ1) is 27.7. The SMILES string of the molecule is c1ccc(-c2ccc(-c3nc(-c4ccccc4)nc(-c4cccc(-c5cccc(-c6ccc7c(c6)oc6cc8oc9ccccc9c8cc67)c5)c4)n3)cc2)cc1. The van der Waals surface area contributed by atoms with Crippen LogP contribution in [0.2, 0.25) is 0 Å². The average molecular weight is 718 g/mol. The molecule has 0 spiro atoms. The zero-order chi connectivity index (χ0) is 37.0. The molecule has 56 heavy (non-hydrogen) atoms. The molecule has 5 heteroatoms. The second-order valence-corrected chi connectivity index (χ2v) is 14.0. The standard InChI is InChI=1S/C51H31N3O2/c1-3-11-32(12-4-1)33-21-23-35(24-22-33)50-52-49(34-13-5-2-6-14-34)53-51(54-50)40-18-10-17-38(28-40)36-15-9-16-37(27-36)39-25-26-42-44-30-43-41-19-7-8-20-45(41)55-47(43)31-48(44)56-46(42)29-39/h1-31H. The van der Waals surface area contributed by atoms with Gasteiger partial charge in [0.15, 0.2) is 17.5 Å². The third kappa shape index (κ3) is 5.62. The van der Waals surface area contributed by atoms with Crippen molar-refractivity contribution >= 4 is 43.9 Å². The summed E-state index contributed by atoms with van der Waals surface area (Å²) in [6.45, 7) is 0. The largest absolute Gasteiger partial charge is 0.456 e. The average Bonchev–Trinajstić information content (AvgIpc) is 3.83. The van der Waals surface area contributed by atoms with E-state index in [0.717, 1.165) is 88.4 Å². The lowest BCUT2D eigenvalue weighted by molar-refractivity contribution is 0.656. The van der Waals surface area contributed by atoms with Gasteiger partial charge in [-0.15, -0.1) is 0 Å². The molecular weight excluding hydrogens is 687 g/mol. The molecule has 0 unspecified atom stereocenters. The molecule has 0 aliphatic rings. The molecular formula is C51H31N3O2. The van der Waals surface area contributed by atoms with Gasteiger partial charge in [0.1, 0.15) is 22.3 Å². The topological polar surface area (TPSA) is 65.0 Å². The van der Waals surface area contributed by atoms with Gasteiger partial charge in [-0.3, -0.25) is 0 Å². The Hall–Kier alpha value is -7.63. The maximum Gasteiger partial charge on any atom is 0.164 e. The van der Waals surface area contributed by atoms with Gasteiger partial charge in [0.25, 0.3) is 0 Å². The van der Waals surface area contributed by atoms with Crippen LogP contribution in [0, 0.1) is 0 Å². The van der Waals surface area contributed by atoms with E-state index in [1.807, 2.05) is 60.7 Å². The highest BCUT2D eigenvalue weighted by Crippen LogP contribution is 2.39. The normalized spacial score (nSPS) is 11.6. The Morgan fingerprint density at radius 1 is 0.232 bits per heavy atom. The number of hydrogen-bond donors (Lipinski definition) is 0. The number of fused-ring (bicyclic) bond motifs is 6. The van der Waals surface area contributed by atoms with Crippen molar-refractivity contribution in [3.05, 3.63) is 188 Å². The van der Waals surface area contributed by atoms with Gasteiger partial charge in [0.2, 0.25) is 0 Å². The molecule has 11 aromatic rings. The number of benzene rings is 8. The van der Waals surface area contributed by atoms with Gasteiger partial charge in [0, 0.05) is 44.3 Å². The third-order valence-corrected chi connectivity index (χ3v) is 10.5. The van der Waals surface area contributed by atoms with Crippen LogP contribution in [0.5, 0.6) is 0 Å². The molecule has 0 aliphatic carbocycles. The van der Waals surface area contributed by atoms with E-state index in [9.17, 15) is 0 Å². The summed E-state index contributed by atoms with van der Waals surface area (Å²) in [6, 6.07) is 64.7. The summed E-state index contributed by atoms with van der Waals surface area (Å²) >= 11 is 0. The molecule has 0 aliphatic heterocycles. The van der Waals surface area contributed by atoms with Gasteiger partial charge in [-0.1, -0.05) is 146 Å². The lowest BCUT2D eigenvalue weighted by atomic mass is 9.97. The molecule has 0 N–H and O–H groups in total. The van der Waals surface area contributed by atoms with E-state index in [1.165, 1.54) is 5.56 Å². The van der Waals surface area contributed by atoms with E-state index in [0.29, 0.717) is 17.5 Å². The molecule has 8 aromatic carbocycles. The van der Waals surface area contributed by atoms with Crippen LogP contribution >= 0.6 is 0 Å². The van der Waals surface area contributed by atoms with Gasteiger partial charge >= 0.3 is 0 Å². The number of nitrogens with zero attached hydrogens (tertiary/aromatic N) is 3. The quantitative estimate of drug-likeness (QED) is 0.171. The summed E-state index contributed by atoms with van der Waals surface area (Å²) < 4.78 is 12.6. The van der Waals surface area contributed by atoms with Crippen LogP contribution in [0.1, 0.15) is 0 Å². The van der Waals surface area contributed by atoms with Crippen molar-refractivity contribution < 1.29 is 8.83 Å². The van der Waals surface area contributed by atoms with Crippen molar-refractivity contribution in [1.82, 2.24) is 15.0 Å². The number of aromatic nitrogens is 3. The lowest BCUT2D eigenvalue weighted by Crippen LogP contribution is -2.00. The monoisotopic (exact) mass is 717 g/mol. The molecule has 11 rings (SSSR count). The Morgan fingerprint density at radius 2 is 0.643 bits per heavy atom. The van der Waals surface area contributed by atoms with Crippen molar-refractivity contribution in [2.24, 2.45) is 0 Å². The summed E-state index contributed by atoms with van der Waals surface area (Å²) in [7, 11) is 0. The highest BCUT2D eigenvalue weighted by atomic mass is 16.3. The summed E-state index contributed by atoms with van der Waals surface area (Å²) in [5.74, 6) is 1.88. The summed E-state index contributed by atoms with van der Waals surface area (Å²) in [6.07, 6.45) is 0. The molecule has 0 atom stereocenters.